The third kappa shape index (κ3) is 12.6. The highest BCUT2D eigenvalue weighted by Gasteiger charge is 2.63. The van der Waals surface area contributed by atoms with E-state index in [1.807, 2.05) is 50.2 Å². The Morgan fingerprint density at radius 3 is 1.97 bits per heavy atom. The topological polar surface area (TPSA) is 221 Å². The summed E-state index contributed by atoms with van der Waals surface area (Å²) in [5, 5.41) is 5.44. The van der Waals surface area contributed by atoms with Crippen LogP contribution < -0.4 is 21.9 Å². The maximum absolute atomic E-state index is 14.7. The number of ether oxygens (including phenoxy) is 11. The van der Waals surface area contributed by atoms with Gasteiger partial charge in [-0.3, -0.25) is 9.36 Å². The molecule has 4 aliphatic rings. The van der Waals surface area contributed by atoms with Gasteiger partial charge in [0.25, 0.3) is 5.56 Å². The van der Waals surface area contributed by atoms with E-state index in [1.165, 1.54) is 16.8 Å². The molecule has 3 aromatic rings. The third-order valence-electron chi connectivity index (χ3n) is 11.7. The molecule has 0 radical (unpaired) electrons. The molecule has 10 atom stereocenters. The lowest BCUT2D eigenvalue weighted by Crippen LogP contribution is -2.59. The first-order valence-electron chi connectivity index (χ1n) is 23.4. The maximum atomic E-state index is 14.7. The molecule has 1 aromatic heterocycles. The Hall–Kier alpha value is -5.19. The van der Waals surface area contributed by atoms with Crippen molar-refractivity contribution in [2.75, 3.05) is 6.54 Å². The van der Waals surface area contributed by atoms with Gasteiger partial charge in [0.1, 0.15) is 67.3 Å². The number of carbonyl (C=O) groups excluding carboxylic acids is 3. The van der Waals surface area contributed by atoms with Gasteiger partial charge in [0.05, 0.1) is 6.61 Å². The lowest BCUT2D eigenvalue weighted by Gasteiger charge is -2.37. The second-order valence-electron chi connectivity index (χ2n) is 19.8. The second-order valence-corrected chi connectivity index (χ2v) is 19.8. The van der Waals surface area contributed by atoms with Gasteiger partial charge in [0.2, 0.25) is 0 Å². The molecule has 20 nitrogen and oxygen atoms in total. The number of carbonyl (C=O) groups is 3. The van der Waals surface area contributed by atoms with Gasteiger partial charge in [-0.2, -0.15) is 0 Å². The Morgan fingerprint density at radius 1 is 0.739 bits per heavy atom. The number of nitrogens with zero attached hydrogens (tertiary/aromatic N) is 2. The Kier molecular flexibility index (Phi) is 15.7. The average molecular weight is 967 g/mol. The predicted molar refractivity (Wildman–Crippen MR) is 244 cm³/mol. The number of aromatic nitrogens is 2. The number of hydrogen-bond donors (Lipinski definition) is 2. The third-order valence-corrected chi connectivity index (χ3v) is 11.7. The molecule has 4 aliphatic heterocycles. The van der Waals surface area contributed by atoms with E-state index in [1.54, 1.807) is 79.7 Å². The number of benzene rings is 2. The fourth-order valence-corrected chi connectivity index (χ4v) is 8.64. The smallest absolute Gasteiger partial charge is 0.408 e. The summed E-state index contributed by atoms with van der Waals surface area (Å²) in [6.07, 6.45) is -9.88. The van der Waals surface area contributed by atoms with Gasteiger partial charge >= 0.3 is 23.8 Å². The van der Waals surface area contributed by atoms with Crippen LogP contribution in [0.3, 0.4) is 0 Å². The van der Waals surface area contributed by atoms with Gasteiger partial charge < -0.3 is 62.7 Å². The van der Waals surface area contributed by atoms with Crippen molar-refractivity contribution in [3.05, 3.63) is 105 Å². The highest BCUT2D eigenvalue weighted by Crippen LogP contribution is 2.47. The van der Waals surface area contributed by atoms with E-state index in [0.717, 1.165) is 10.1 Å². The van der Waals surface area contributed by atoms with Crippen molar-refractivity contribution in [2.24, 2.45) is 0 Å². The van der Waals surface area contributed by atoms with Crippen LogP contribution in [0.5, 0.6) is 0 Å². The van der Waals surface area contributed by atoms with Crippen LogP contribution in [0.2, 0.25) is 0 Å². The Morgan fingerprint density at radius 2 is 1.35 bits per heavy atom. The van der Waals surface area contributed by atoms with Crippen LogP contribution in [0.4, 0.5) is 9.59 Å². The summed E-state index contributed by atoms with van der Waals surface area (Å²) in [6, 6.07) is 17.7. The molecule has 2 N–H and O–H groups in total. The molecular formula is C49H66N4O16. The van der Waals surface area contributed by atoms with Crippen molar-refractivity contribution in [3.8, 4) is 0 Å². The number of amides is 2. The van der Waals surface area contributed by atoms with Gasteiger partial charge in [0, 0.05) is 18.8 Å². The number of nitrogens with one attached hydrogen (secondary N) is 2. The van der Waals surface area contributed by atoms with Crippen LogP contribution in [0.15, 0.2) is 82.5 Å². The molecule has 2 aromatic carbocycles. The molecule has 0 aliphatic carbocycles. The lowest BCUT2D eigenvalue weighted by atomic mass is 9.98. The highest BCUT2D eigenvalue weighted by molar-refractivity contribution is 5.82. The second kappa shape index (κ2) is 21.0. The average Bonchev–Trinajstić information content (AvgIpc) is 4.01. The Labute approximate surface area is 401 Å². The highest BCUT2D eigenvalue weighted by atomic mass is 16.8. The fourth-order valence-electron chi connectivity index (χ4n) is 8.64. The summed E-state index contributed by atoms with van der Waals surface area (Å²) in [6.45, 7) is 16.9. The number of rotatable bonds is 17. The summed E-state index contributed by atoms with van der Waals surface area (Å²) < 4.78 is 71.4. The minimum absolute atomic E-state index is 0.0848. The van der Waals surface area contributed by atoms with E-state index in [9.17, 15) is 24.0 Å². The molecule has 378 valence electrons. The molecule has 69 heavy (non-hydrogen) atoms. The van der Waals surface area contributed by atoms with Crippen LogP contribution in [0, 0.1) is 0 Å². The quantitative estimate of drug-likeness (QED) is 0.132. The standard InChI is InChI=1S/C49H66N4O16/c1-11-49(12-2)66-34-31(25-50-43(56)69-47(6,7)8)61-42(39(34)67-49)63-35(33(41(55)68-46(3,4)5)51-44(57)60-27-30-21-17-14-18-22-30)36-37-38(65-48(9,10)64-37)40(62-36)52-24-23-32(54)53(45(52)58)28-59-26-29-19-15-13-16-20-29/h13-24,31,33-40,42H,11-12,25-28H2,1-10H3,(H,50,56)(H,51,57)/t31-,33+,34-,35+,36-,37-,38-,39-,40-,42+/m1/s1. The minimum Gasteiger partial charge on any atom is -0.458 e. The normalized spacial score (nSPS) is 26.6. The number of alkyl carbamates (subject to hydrolysis) is 2. The molecule has 0 spiro atoms. The van der Waals surface area contributed by atoms with Crippen molar-refractivity contribution in [1.82, 2.24) is 19.8 Å². The number of esters is 1. The van der Waals surface area contributed by atoms with Gasteiger partial charge in [0.15, 0.2) is 30.1 Å². The van der Waals surface area contributed by atoms with E-state index in [-0.39, 0.29) is 26.5 Å². The van der Waals surface area contributed by atoms with Crippen LogP contribution in [0.1, 0.15) is 99.4 Å². The van der Waals surface area contributed by atoms with Gasteiger partial charge in [-0.05, 0) is 79.4 Å². The zero-order valence-electron chi connectivity index (χ0n) is 40.9. The Bertz CT molecular complexity index is 2360. The van der Waals surface area contributed by atoms with E-state index >= 15 is 0 Å². The van der Waals surface area contributed by atoms with E-state index in [2.05, 4.69) is 10.6 Å². The van der Waals surface area contributed by atoms with Crippen molar-refractivity contribution in [3.63, 3.8) is 0 Å². The lowest BCUT2D eigenvalue weighted by molar-refractivity contribution is -0.275. The molecule has 5 heterocycles. The summed E-state index contributed by atoms with van der Waals surface area (Å²) >= 11 is 0. The van der Waals surface area contributed by atoms with Crippen LogP contribution in [-0.4, -0.2) is 112 Å². The van der Waals surface area contributed by atoms with Crippen LogP contribution >= 0.6 is 0 Å². The monoisotopic (exact) mass is 966 g/mol. The molecule has 0 bridgehead atoms. The van der Waals surface area contributed by atoms with Gasteiger partial charge in [-0.1, -0.05) is 74.5 Å². The summed E-state index contributed by atoms with van der Waals surface area (Å²) in [4.78, 5) is 69.0. The van der Waals surface area contributed by atoms with Crippen molar-refractivity contribution < 1.29 is 66.5 Å². The van der Waals surface area contributed by atoms with Crippen molar-refractivity contribution in [2.45, 2.75) is 186 Å². The van der Waals surface area contributed by atoms with E-state index in [4.69, 9.17) is 52.1 Å². The SMILES string of the molecule is CCC1(CC)O[C@H]2[C@H](O[C@H]([C@H]3O[C@@H](n4ccc(=O)n(COCc5ccccc5)c4=O)[C@@H]4OC(C)(C)O[C@H]34)[C@H](NC(=O)OCc3ccccc3)C(=O)OC(C)(C)C)O[C@H](CNC(=O)OC(C)(C)C)[C@H]2O1. The summed E-state index contributed by atoms with van der Waals surface area (Å²) in [7, 11) is 0. The molecular weight excluding hydrogens is 901 g/mol. The van der Waals surface area contributed by atoms with Crippen LogP contribution in [0.25, 0.3) is 0 Å². The van der Waals surface area contributed by atoms with Crippen LogP contribution in [-0.2, 0) is 76.8 Å². The van der Waals surface area contributed by atoms with Gasteiger partial charge in [-0.15, -0.1) is 0 Å². The molecule has 4 fully saturated rings. The minimum atomic E-state index is -1.72. The fraction of sp³-hybridized carbons (Fsp3) is 0.612. The van der Waals surface area contributed by atoms with E-state index in [0.29, 0.717) is 18.4 Å². The Balaban J connectivity index is 1.27. The van der Waals surface area contributed by atoms with Crippen molar-refractivity contribution >= 4 is 18.2 Å². The zero-order chi connectivity index (χ0) is 49.9. The molecule has 2 amide bonds. The predicted octanol–water partition coefficient (Wildman–Crippen LogP) is 5.17. The maximum Gasteiger partial charge on any atom is 0.408 e. The number of fused-ring (bicyclic) bond motifs is 2. The van der Waals surface area contributed by atoms with Crippen molar-refractivity contribution in [1.29, 1.82) is 0 Å². The molecule has 4 saturated heterocycles. The summed E-state index contributed by atoms with van der Waals surface area (Å²) in [5.41, 5.74) is -1.75. The molecule has 0 saturated carbocycles. The first kappa shape index (κ1) is 51.7. The largest absolute Gasteiger partial charge is 0.458 e. The molecule has 0 unspecified atom stereocenters. The first-order chi connectivity index (χ1) is 32.6. The zero-order valence-corrected chi connectivity index (χ0v) is 40.9. The summed E-state index contributed by atoms with van der Waals surface area (Å²) in [5.74, 6) is -3.28. The number of hydrogen-bond acceptors (Lipinski definition) is 16. The van der Waals surface area contributed by atoms with E-state index < -0.39 is 113 Å². The first-order valence-corrected chi connectivity index (χ1v) is 23.4. The van der Waals surface area contributed by atoms with Gasteiger partial charge in [-0.25, -0.2) is 23.7 Å². The molecule has 7 rings (SSSR count). The molecule has 20 heteroatoms.